The highest BCUT2D eigenvalue weighted by molar-refractivity contribution is 5.93. The molecule has 8 heteroatoms. The maximum atomic E-state index is 13.0. The molecule has 0 unspecified atom stereocenters. The molecule has 31 heavy (non-hydrogen) atoms. The van der Waals surface area contributed by atoms with Crippen molar-refractivity contribution in [1.29, 1.82) is 0 Å². The number of carbonyl (C=O) groups is 1. The largest absolute Gasteiger partial charge is 0.467 e. The standard InChI is InChI=1S/C23H21FN4O3/c1-13-4-7-17(10-14(13)2)21-20-22(26-15(3)27-23(20)31-28-21)30-12-19(29)25-11-16-5-8-18(24)9-6-16/h4-10H,11-12H2,1-3H3,(H,25,29). The first kappa shape index (κ1) is 20.5. The molecular weight excluding hydrogens is 399 g/mol. The molecule has 0 spiro atoms. The number of hydrogen-bond donors (Lipinski definition) is 1. The average Bonchev–Trinajstić information content (AvgIpc) is 3.17. The number of fused-ring (bicyclic) bond motifs is 1. The minimum Gasteiger partial charge on any atom is -0.467 e. The van der Waals surface area contributed by atoms with Crippen LogP contribution in [0.1, 0.15) is 22.5 Å². The van der Waals surface area contributed by atoms with Gasteiger partial charge in [0.2, 0.25) is 5.88 Å². The molecule has 1 amide bonds. The molecule has 0 atom stereocenters. The van der Waals surface area contributed by atoms with Crippen LogP contribution in [0.4, 0.5) is 4.39 Å². The van der Waals surface area contributed by atoms with Crippen molar-refractivity contribution in [2.45, 2.75) is 27.3 Å². The zero-order chi connectivity index (χ0) is 22.0. The summed E-state index contributed by atoms with van der Waals surface area (Å²) in [4.78, 5) is 20.9. The second-order valence-electron chi connectivity index (χ2n) is 7.28. The monoisotopic (exact) mass is 420 g/mol. The summed E-state index contributed by atoms with van der Waals surface area (Å²) in [6, 6.07) is 11.9. The number of hydrogen-bond acceptors (Lipinski definition) is 6. The Hall–Kier alpha value is -3.81. The third-order valence-corrected chi connectivity index (χ3v) is 4.94. The van der Waals surface area contributed by atoms with E-state index in [1.807, 2.05) is 32.0 Å². The molecule has 2 aromatic heterocycles. The molecule has 4 aromatic rings. The fourth-order valence-electron chi connectivity index (χ4n) is 3.10. The molecule has 0 fully saturated rings. The summed E-state index contributed by atoms with van der Waals surface area (Å²) >= 11 is 0. The third-order valence-electron chi connectivity index (χ3n) is 4.94. The first-order chi connectivity index (χ1) is 14.9. The normalized spacial score (nSPS) is 11.0. The predicted octanol–water partition coefficient (Wildman–Crippen LogP) is 4.04. The molecule has 0 radical (unpaired) electrons. The number of benzene rings is 2. The molecule has 0 aliphatic heterocycles. The van der Waals surface area contributed by atoms with Gasteiger partial charge < -0.3 is 14.6 Å². The number of amides is 1. The van der Waals surface area contributed by atoms with E-state index >= 15 is 0 Å². The molecular formula is C23H21FN4O3. The molecule has 7 nitrogen and oxygen atoms in total. The molecule has 0 bridgehead atoms. The highest BCUT2D eigenvalue weighted by Crippen LogP contribution is 2.33. The van der Waals surface area contributed by atoms with Crippen LogP contribution in [0.5, 0.6) is 5.88 Å². The molecule has 0 aliphatic rings. The van der Waals surface area contributed by atoms with Gasteiger partial charge in [-0.1, -0.05) is 29.4 Å². The summed E-state index contributed by atoms with van der Waals surface area (Å²) in [6.45, 7) is 5.78. The number of halogens is 1. The zero-order valence-electron chi connectivity index (χ0n) is 17.4. The summed E-state index contributed by atoms with van der Waals surface area (Å²) in [6.07, 6.45) is 0. The van der Waals surface area contributed by atoms with Crippen molar-refractivity contribution in [1.82, 2.24) is 20.4 Å². The van der Waals surface area contributed by atoms with Crippen LogP contribution in [0.25, 0.3) is 22.4 Å². The summed E-state index contributed by atoms with van der Waals surface area (Å²) in [7, 11) is 0. The van der Waals surface area contributed by atoms with Crippen LogP contribution in [0.2, 0.25) is 0 Å². The molecule has 0 aliphatic carbocycles. The lowest BCUT2D eigenvalue weighted by molar-refractivity contribution is -0.123. The second kappa shape index (κ2) is 8.51. The maximum Gasteiger partial charge on any atom is 0.265 e. The quantitative estimate of drug-likeness (QED) is 0.506. The van der Waals surface area contributed by atoms with Gasteiger partial charge in [-0.05, 0) is 55.7 Å². The van der Waals surface area contributed by atoms with E-state index in [0.717, 1.165) is 22.3 Å². The zero-order valence-corrected chi connectivity index (χ0v) is 17.4. The Morgan fingerprint density at radius 3 is 2.58 bits per heavy atom. The summed E-state index contributed by atoms with van der Waals surface area (Å²) in [5, 5.41) is 7.41. The number of ether oxygens (including phenoxy) is 1. The van der Waals surface area contributed by atoms with Crippen molar-refractivity contribution in [2.75, 3.05) is 6.61 Å². The van der Waals surface area contributed by atoms with Crippen molar-refractivity contribution < 1.29 is 18.4 Å². The van der Waals surface area contributed by atoms with Gasteiger partial charge in [0.1, 0.15) is 22.7 Å². The molecule has 2 heterocycles. The van der Waals surface area contributed by atoms with Gasteiger partial charge in [-0.2, -0.15) is 9.97 Å². The van der Waals surface area contributed by atoms with Crippen LogP contribution in [0, 0.1) is 26.6 Å². The van der Waals surface area contributed by atoms with E-state index in [9.17, 15) is 9.18 Å². The fraction of sp³-hybridized carbons (Fsp3) is 0.217. The fourth-order valence-corrected chi connectivity index (χ4v) is 3.10. The van der Waals surface area contributed by atoms with E-state index < -0.39 is 0 Å². The van der Waals surface area contributed by atoms with Gasteiger partial charge in [0.25, 0.3) is 11.6 Å². The third kappa shape index (κ3) is 4.53. The van der Waals surface area contributed by atoms with Crippen molar-refractivity contribution in [3.8, 4) is 17.1 Å². The van der Waals surface area contributed by atoms with E-state index in [0.29, 0.717) is 22.6 Å². The minimum absolute atomic E-state index is 0.230. The summed E-state index contributed by atoms with van der Waals surface area (Å²) in [5.41, 5.74) is 4.76. The Bertz CT molecular complexity index is 1250. The van der Waals surface area contributed by atoms with Crippen molar-refractivity contribution in [3.63, 3.8) is 0 Å². The van der Waals surface area contributed by atoms with E-state index in [-0.39, 0.29) is 30.8 Å². The lowest BCUT2D eigenvalue weighted by atomic mass is 10.0. The summed E-state index contributed by atoms with van der Waals surface area (Å²) in [5.74, 6) is 0.0127. The molecule has 4 rings (SSSR count). The van der Waals surface area contributed by atoms with Crippen molar-refractivity contribution >= 4 is 17.0 Å². The SMILES string of the molecule is Cc1nc(OCC(=O)NCc2ccc(F)cc2)c2c(-c3ccc(C)c(C)c3)noc2n1. The Morgan fingerprint density at radius 2 is 1.84 bits per heavy atom. The van der Waals surface area contributed by atoms with Crippen LogP contribution in [-0.4, -0.2) is 27.6 Å². The molecule has 158 valence electrons. The number of rotatable bonds is 6. The number of aromatic nitrogens is 3. The van der Waals surface area contributed by atoms with E-state index in [4.69, 9.17) is 9.26 Å². The van der Waals surface area contributed by atoms with Crippen molar-refractivity contribution in [3.05, 3.63) is 70.8 Å². The number of nitrogens with one attached hydrogen (secondary N) is 1. The van der Waals surface area contributed by atoms with Gasteiger partial charge in [-0.3, -0.25) is 4.79 Å². The molecule has 0 saturated carbocycles. The van der Waals surface area contributed by atoms with Gasteiger partial charge in [-0.25, -0.2) is 4.39 Å². The Balaban J connectivity index is 1.54. The first-order valence-electron chi connectivity index (χ1n) is 9.76. The van der Waals surface area contributed by atoms with Crippen LogP contribution in [0.15, 0.2) is 47.0 Å². The molecule has 1 N–H and O–H groups in total. The molecule has 2 aromatic carbocycles. The Kier molecular flexibility index (Phi) is 5.62. The predicted molar refractivity (Wildman–Crippen MR) is 113 cm³/mol. The van der Waals surface area contributed by atoms with Crippen LogP contribution < -0.4 is 10.1 Å². The lowest BCUT2D eigenvalue weighted by Gasteiger charge is -2.09. The van der Waals surface area contributed by atoms with Gasteiger partial charge in [0, 0.05) is 12.1 Å². The minimum atomic E-state index is -0.335. The molecule has 0 saturated heterocycles. The number of aryl methyl sites for hydroxylation is 3. The number of nitrogens with zero attached hydrogens (tertiary/aromatic N) is 3. The van der Waals surface area contributed by atoms with E-state index in [1.165, 1.54) is 12.1 Å². The van der Waals surface area contributed by atoms with Crippen LogP contribution in [0.3, 0.4) is 0 Å². The van der Waals surface area contributed by atoms with Gasteiger partial charge in [0.05, 0.1) is 0 Å². The van der Waals surface area contributed by atoms with Crippen LogP contribution in [-0.2, 0) is 11.3 Å². The second-order valence-corrected chi connectivity index (χ2v) is 7.28. The average molecular weight is 420 g/mol. The van der Waals surface area contributed by atoms with E-state index in [2.05, 4.69) is 20.4 Å². The Morgan fingerprint density at radius 1 is 1.06 bits per heavy atom. The number of carbonyl (C=O) groups excluding carboxylic acids is 1. The van der Waals surface area contributed by atoms with Gasteiger partial charge in [-0.15, -0.1) is 0 Å². The topological polar surface area (TPSA) is 90.1 Å². The smallest absolute Gasteiger partial charge is 0.265 e. The maximum absolute atomic E-state index is 13.0. The highest BCUT2D eigenvalue weighted by atomic mass is 19.1. The Labute approximate surface area is 178 Å². The van der Waals surface area contributed by atoms with Gasteiger partial charge >= 0.3 is 0 Å². The van der Waals surface area contributed by atoms with Crippen molar-refractivity contribution in [2.24, 2.45) is 0 Å². The van der Waals surface area contributed by atoms with Gasteiger partial charge in [0.15, 0.2) is 6.61 Å². The first-order valence-corrected chi connectivity index (χ1v) is 9.76. The van der Waals surface area contributed by atoms with E-state index in [1.54, 1.807) is 19.1 Å². The lowest BCUT2D eigenvalue weighted by Crippen LogP contribution is -2.28. The summed E-state index contributed by atoms with van der Waals surface area (Å²) < 4.78 is 24.1. The highest BCUT2D eigenvalue weighted by Gasteiger charge is 2.20. The van der Waals surface area contributed by atoms with Crippen LogP contribution >= 0.6 is 0 Å².